The molecule has 0 saturated heterocycles. The maximum Gasteiger partial charge on any atom is 0.337 e. The number of aromatic nitrogens is 1. The average Bonchev–Trinajstić information content (AvgIpc) is 2.48. The van der Waals surface area contributed by atoms with Crippen molar-refractivity contribution >= 4 is 27.6 Å². The molecule has 2 aromatic rings. The van der Waals surface area contributed by atoms with Crippen molar-refractivity contribution in [2.45, 2.75) is 19.9 Å². The summed E-state index contributed by atoms with van der Waals surface area (Å²) in [4.78, 5) is 15.8. The Morgan fingerprint density at radius 3 is 2.76 bits per heavy atom. The zero-order chi connectivity index (χ0) is 15.4. The molecule has 0 amide bonds. The fraction of sp³-hybridized carbons (Fsp3) is 0.250. The van der Waals surface area contributed by atoms with Crippen molar-refractivity contribution in [1.82, 2.24) is 4.98 Å². The third-order valence-electron chi connectivity index (χ3n) is 3.26. The molecule has 0 spiro atoms. The van der Waals surface area contributed by atoms with Crippen LogP contribution in [0.15, 0.2) is 41.1 Å². The van der Waals surface area contributed by atoms with Crippen LogP contribution >= 0.6 is 15.9 Å². The lowest BCUT2D eigenvalue weighted by Crippen LogP contribution is -2.09. The molecule has 0 aliphatic carbocycles. The van der Waals surface area contributed by atoms with Gasteiger partial charge in [-0.1, -0.05) is 6.07 Å². The number of carbonyl (C=O) groups is 1. The van der Waals surface area contributed by atoms with E-state index in [0.717, 1.165) is 21.3 Å². The molecule has 21 heavy (non-hydrogen) atoms. The highest BCUT2D eigenvalue weighted by Crippen LogP contribution is 2.24. The summed E-state index contributed by atoms with van der Waals surface area (Å²) in [7, 11) is 1.38. The van der Waals surface area contributed by atoms with Crippen LogP contribution in [-0.4, -0.2) is 18.1 Å². The highest BCUT2D eigenvalue weighted by atomic mass is 79.9. The number of rotatable bonds is 4. The Labute approximate surface area is 132 Å². The fourth-order valence-electron chi connectivity index (χ4n) is 2.00. The molecular weight excluding hydrogens is 332 g/mol. The lowest BCUT2D eigenvalue weighted by Gasteiger charge is -2.18. The number of hydrogen-bond donors (Lipinski definition) is 1. The number of carbonyl (C=O) groups excluding carboxylic acids is 1. The number of benzene rings is 1. The highest BCUT2D eigenvalue weighted by Gasteiger charge is 2.11. The average molecular weight is 349 g/mol. The molecule has 0 radical (unpaired) electrons. The first-order valence-electron chi connectivity index (χ1n) is 6.57. The SMILES string of the molecule is COC(=O)c1ccc(C)c(NC(C)c2cncc(Br)c2)c1. The maximum atomic E-state index is 11.6. The van der Waals surface area contributed by atoms with Crippen LogP contribution in [0, 0.1) is 6.92 Å². The van der Waals surface area contributed by atoms with Gasteiger partial charge in [0.2, 0.25) is 0 Å². The van der Waals surface area contributed by atoms with Gasteiger partial charge in [0.15, 0.2) is 0 Å². The van der Waals surface area contributed by atoms with E-state index >= 15 is 0 Å². The second kappa shape index (κ2) is 6.72. The van der Waals surface area contributed by atoms with E-state index in [1.54, 1.807) is 12.3 Å². The number of hydrogen-bond acceptors (Lipinski definition) is 4. The topological polar surface area (TPSA) is 51.2 Å². The van der Waals surface area contributed by atoms with Gasteiger partial charge in [0.25, 0.3) is 0 Å². The number of ether oxygens (including phenoxy) is 1. The molecule has 1 unspecified atom stereocenters. The van der Waals surface area contributed by atoms with E-state index in [2.05, 4.69) is 26.2 Å². The highest BCUT2D eigenvalue weighted by molar-refractivity contribution is 9.10. The van der Waals surface area contributed by atoms with Crippen LogP contribution in [0.1, 0.15) is 34.5 Å². The van der Waals surface area contributed by atoms with E-state index in [-0.39, 0.29) is 12.0 Å². The van der Waals surface area contributed by atoms with Crippen molar-refractivity contribution in [3.05, 3.63) is 57.8 Å². The summed E-state index contributed by atoms with van der Waals surface area (Å²) < 4.78 is 5.69. The molecule has 5 heteroatoms. The summed E-state index contributed by atoms with van der Waals surface area (Å²) in [6.45, 7) is 4.04. The lowest BCUT2D eigenvalue weighted by atomic mass is 10.1. The number of pyridine rings is 1. The molecule has 0 fully saturated rings. The van der Waals surface area contributed by atoms with Gasteiger partial charge in [-0.15, -0.1) is 0 Å². The van der Waals surface area contributed by atoms with Crippen molar-refractivity contribution in [3.8, 4) is 0 Å². The van der Waals surface area contributed by atoms with Crippen LogP contribution in [0.4, 0.5) is 5.69 Å². The van der Waals surface area contributed by atoms with Crippen LogP contribution in [0.5, 0.6) is 0 Å². The van der Waals surface area contributed by atoms with Gasteiger partial charge >= 0.3 is 5.97 Å². The van der Waals surface area contributed by atoms with Crippen LogP contribution in [0.3, 0.4) is 0 Å². The molecule has 1 heterocycles. The van der Waals surface area contributed by atoms with Crippen LogP contribution in [0.2, 0.25) is 0 Å². The lowest BCUT2D eigenvalue weighted by molar-refractivity contribution is 0.0601. The summed E-state index contributed by atoms with van der Waals surface area (Å²) in [5.74, 6) is -0.338. The third-order valence-corrected chi connectivity index (χ3v) is 3.69. The third kappa shape index (κ3) is 3.82. The minimum absolute atomic E-state index is 0.0709. The molecule has 0 aliphatic heterocycles. The monoisotopic (exact) mass is 348 g/mol. The summed E-state index contributed by atoms with van der Waals surface area (Å²) in [5.41, 5.74) is 3.57. The fourth-order valence-corrected chi connectivity index (χ4v) is 2.39. The van der Waals surface area contributed by atoms with E-state index in [1.807, 2.05) is 38.2 Å². The molecule has 1 aromatic heterocycles. The van der Waals surface area contributed by atoms with E-state index in [4.69, 9.17) is 4.74 Å². The first-order valence-corrected chi connectivity index (χ1v) is 7.36. The number of esters is 1. The Bertz CT molecular complexity index is 658. The van der Waals surface area contributed by atoms with E-state index in [0.29, 0.717) is 5.56 Å². The van der Waals surface area contributed by atoms with Gasteiger partial charge in [0.05, 0.1) is 18.7 Å². The second-order valence-corrected chi connectivity index (χ2v) is 5.74. The maximum absolute atomic E-state index is 11.6. The van der Waals surface area contributed by atoms with Crippen LogP contribution in [-0.2, 0) is 4.74 Å². The molecule has 1 N–H and O–H groups in total. The van der Waals surface area contributed by atoms with E-state index in [1.165, 1.54) is 7.11 Å². The summed E-state index contributed by atoms with van der Waals surface area (Å²) in [6.07, 6.45) is 3.57. The minimum atomic E-state index is -0.338. The Morgan fingerprint density at radius 2 is 2.10 bits per heavy atom. The van der Waals surface area contributed by atoms with Gasteiger partial charge in [-0.2, -0.15) is 0 Å². The van der Waals surface area contributed by atoms with Crippen molar-refractivity contribution in [2.24, 2.45) is 0 Å². The van der Waals surface area contributed by atoms with Gasteiger partial charge in [0, 0.05) is 22.6 Å². The number of aryl methyl sites for hydroxylation is 1. The number of halogens is 1. The van der Waals surface area contributed by atoms with Gasteiger partial charge < -0.3 is 10.1 Å². The quantitative estimate of drug-likeness (QED) is 0.844. The molecule has 1 atom stereocenters. The molecule has 1 aromatic carbocycles. The number of nitrogens with zero attached hydrogens (tertiary/aromatic N) is 1. The normalized spacial score (nSPS) is 11.8. The summed E-state index contributed by atoms with van der Waals surface area (Å²) >= 11 is 3.42. The zero-order valence-electron chi connectivity index (χ0n) is 12.2. The minimum Gasteiger partial charge on any atom is -0.465 e. The number of methoxy groups -OCH3 is 1. The molecule has 0 saturated carbocycles. The van der Waals surface area contributed by atoms with Crippen molar-refractivity contribution in [1.29, 1.82) is 0 Å². The standard InChI is InChI=1S/C16H17BrN2O2/c1-10-4-5-12(16(20)21-3)7-15(10)19-11(2)13-6-14(17)9-18-8-13/h4-9,11,19H,1-3H3. The van der Waals surface area contributed by atoms with Gasteiger partial charge in [0.1, 0.15) is 0 Å². The molecule has 110 valence electrons. The van der Waals surface area contributed by atoms with E-state index in [9.17, 15) is 4.79 Å². The smallest absolute Gasteiger partial charge is 0.337 e. The Balaban J connectivity index is 2.24. The molecule has 4 nitrogen and oxygen atoms in total. The Morgan fingerprint density at radius 1 is 1.33 bits per heavy atom. The van der Waals surface area contributed by atoms with E-state index < -0.39 is 0 Å². The number of anilines is 1. The summed E-state index contributed by atoms with van der Waals surface area (Å²) in [6, 6.07) is 7.56. The molecular formula is C16H17BrN2O2. The number of nitrogens with one attached hydrogen (secondary N) is 1. The second-order valence-electron chi connectivity index (χ2n) is 4.82. The van der Waals surface area contributed by atoms with Crippen molar-refractivity contribution < 1.29 is 9.53 Å². The Kier molecular flexibility index (Phi) is 4.96. The zero-order valence-corrected chi connectivity index (χ0v) is 13.8. The van der Waals surface area contributed by atoms with Crippen molar-refractivity contribution in [2.75, 3.05) is 12.4 Å². The van der Waals surface area contributed by atoms with Crippen LogP contribution in [0.25, 0.3) is 0 Å². The van der Waals surface area contributed by atoms with Crippen molar-refractivity contribution in [3.63, 3.8) is 0 Å². The predicted octanol–water partition coefficient (Wildman–Crippen LogP) is 4.11. The summed E-state index contributed by atoms with van der Waals surface area (Å²) in [5, 5.41) is 3.40. The van der Waals surface area contributed by atoms with Crippen LogP contribution < -0.4 is 5.32 Å². The molecule has 0 aliphatic rings. The predicted molar refractivity (Wildman–Crippen MR) is 86.5 cm³/mol. The van der Waals surface area contributed by atoms with Gasteiger partial charge in [-0.25, -0.2) is 4.79 Å². The molecule has 2 rings (SSSR count). The largest absolute Gasteiger partial charge is 0.465 e. The first kappa shape index (κ1) is 15.5. The molecule has 0 bridgehead atoms. The van der Waals surface area contributed by atoms with Gasteiger partial charge in [-0.05, 0) is 59.1 Å². The first-order chi connectivity index (χ1) is 10.0. The Hall–Kier alpha value is -1.88. The van der Waals surface area contributed by atoms with Gasteiger partial charge in [-0.3, -0.25) is 4.98 Å².